The molecule has 1 saturated carbocycles. The van der Waals surface area contributed by atoms with Gasteiger partial charge in [0.2, 0.25) is 0 Å². The fourth-order valence-corrected chi connectivity index (χ4v) is 2.89. The van der Waals surface area contributed by atoms with Crippen molar-refractivity contribution in [2.45, 2.75) is 46.1 Å². The third kappa shape index (κ3) is 3.28. The van der Waals surface area contributed by atoms with Gasteiger partial charge in [-0.1, -0.05) is 25.5 Å². The van der Waals surface area contributed by atoms with E-state index in [9.17, 15) is 4.79 Å². The molecule has 3 heteroatoms. The van der Waals surface area contributed by atoms with Crippen LogP contribution in [0.3, 0.4) is 0 Å². The van der Waals surface area contributed by atoms with Crippen molar-refractivity contribution in [1.29, 1.82) is 0 Å². The molecule has 0 aliphatic heterocycles. The molecule has 0 aromatic heterocycles. The molecule has 19 heavy (non-hydrogen) atoms. The van der Waals surface area contributed by atoms with E-state index < -0.39 is 0 Å². The monoisotopic (exact) mass is 260 g/mol. The van der Waals surface area contributed by atoms with Crippen molar-refractivity contribution in [3.8, 4) is 0 Å². The summed E-state index contributed by atoms with van der Waals surface area (Å²) in [7, 11) is 1.85. The Hall–Kier alpha value is -1.51. The molecule has 0 bridgehead atoms. The van der Waals surface area contributed by atoms with E-state index in [2.05, 4.69) is 24.5 Å². The number of aryl methyl sites for hydroxylation is 1. The van der Waals surface area contributed by atoms with Crippen molar-refractivity contribution < 1.29 is 4.79 Å². The summed E-state index contributed by atoms with van der Waals surface area (Å²) in [6.45, 7) is 6.55. The average molecular weight is 260 g/mol. The summed E-state index contributed by atoms with van der Waals surface area (Å²) in [5.41, 5.74) is 3.10. The molecule has 1 aliphatic carbocycles. The first kappa shape index (κ1) is 13.9. The number of anilines is 1. The molecule has 0 spiro atoms. The second kappa shape index (κ2) is 5.24. The molecule has 1 fully saturated rings. The van der Waals surface area contributed by atoms with Crippen molar-refractivity contribution in [1.82, 2.24) is 5.32 Å². The maximum Gasteiger partial charge on any atom is 0.253 e. The molecule has 2 N–H and O–H groups in total. The quantitative estimate of drug-likeness (QED) is 0.875. The van der Waals surface area contributed by atoms with Gasteiger partial charge in [-0.15, -0.1) is 0 Å². The molecule has 3 nitrogen and oxygen atoms in total. The van der Waals surface area contributed by atoms with E-state index in [1.807, 2.05) is 32.2 Å². The maximum absolute atomic E-state index is 12.4. The Morgan fingerprint density at radius 2 is 2.11 bits per heavy atom. The van der Waals surface area contributed by atoms with Crippen LogP contribution in [0.5, 0.6) is 0 Å². The Morgan fingerprint density at radius 3 is 2.68 bits per heavy atom. The first-order valence-electron chi connectivity index (χ1n) is 7.00. The summed E-state index contributed by atoms with van der Waals surface area (Å²) in [5.74, 6) is 0.0377. The van der Waals surface area contributed by atoms with E-state index in [1.54, 1.807) is 0 Å². The number of hydrogen-bond acceptors (Lipinski definition) is 2. The van der Waals surface area contributed by atoms with Gasteiger partial charge >= 0.3 is 0 Å². The second-order valence-electron chi connectivity index (χ2n) is 6.38. The van der Waals surface area contributed by atoms with Gasteiger partial charge in [0.1, 0.15) is 0 Å². The average Bonchev–Trinajstić information content (AvgIpc) is 2.68. The molecule has 0 saturated heterocycles. The summed E-state index contributed by atoms with van der Waals surface area (Å²) >= 11 is 0. The van der Waals surface area contributed by atoms with Gasteiger partial charge in [0, 0.05) is 18.8 Å². The van der Waals surface area contributed by atoms with Crippen LogP contribution in [-0.2, 0) is 0 Å². The smallest absolute Gasteiger partial charge is 0.253 e. The van der Waals surface area contributed by atoms with E-state index in [0.717, 1.165) is 29.7 Å². The molecule has 2 rings (SSSR count). The maximum atomic E-state index is 12.4. The highest BCUT2D eigenvalue weighted by molar-refractivity contribution is 6.00. The molecule has 1 amide bonds. The molecular formula is C16H24N2O. The molecule has 104 valence electrons. The van der Waals surface area contributed by atoms with Gasteiger partial charge in [0.25, 0.3) is 5.91 Å². The van der Waals surface area contributed by atoms with Crippen LogP contribution in [0.4, 0.5) is 5.69 Å². The topological polar surface area (TPSA) is 41.1 Å². The first-order chi connectivity index (χ1) is 8.91. The van der Waals surface area contributed by atoms with Crippen molar-refractivity contribution in [2.24, 2.45) is 5.41 Å². The van der Waals surface area contributed by atoms with Crippen molar-refractivity contribution in [2.75, 3.05) is 12.4 Å². The summed E-state index contributed by atoms with van der Waals surface area (Å²) < 4.78 is 0. The van der Waals surface area contributed by atoms with Gasteiger partial charge in [-0.25, -0.2) is 0 Å². The SMILES string of the molecule is CNc1ccc(C)cc1C(=O)NC1CCC(C)(C)C1. The Morgan fingerprint density at radius 1 is 1.37 bits per heavy atom. The van der Waals surface area contributed by atoms with Gasteiger partial charge in [-0.2, -0.15) is 0 Å². The lowest BCUT2D eigenvalue weighted by Gasteiger charge is -2.18. The van der Waals surface area contributed by atoms with E-state index in [4.69, 9.17) is 0 Å². The predicted molar refractivity (Wildman–Crippen MR) is 79.6 cm³/mol. The van der Waals surface area contributed by atoms with E-state index in [0.29, 0.717) is 11.5 Å². The third-order valence-electron chi connectivity index (χ3n) is 3.99. The van der Waals surface area contributed by atoms with Crippen LogP contribution in [0.2, 0.25) is 0 Å². The van der Waals surface area contributed by atoms with Gasteiger partial charge in [0.05, 0.1) is 5.56 Å². The van der Waals surface area contributed by atoms with Crippen LogP contribution in [0.15, 0.2) is 18.2 Å². The highest BCUT2D eigenvalue weighted by Gasteiger charge is 2.32. The largest absolute Gasteiger partial charge is 0.387 e. The highest BCUT2D eigenvalue weighted by Crippen LogP contribution is 2.37. The molecule has 1 aliphatic rings. The molecule has 1 atom stereocenters. The van der Waals surface area contributed by atoms with Crippen LogP contribution in [0, 0.1) is 12.3 Å². The summed E-state index contributed by atoms with van der Waals surface area (Å²) in [6.07, 6.45) is 3.34. The van der Waals surface area contributed by atoms with Crippen LogP contribution in [-0.4, -0.2) is 19.0 Å². The normalized spacial score (nSPS) is 21.2. The lowest BCUT2D eigenvalue weighted by Crippen LogP contribution is -2.33. The highest BCUT2D eigenvalue weighted by atomic mass is 16.1. The lowest BCUT2D eigenvalue weighted by molar-refractivity contribution is 0.0936. The number of benzene rings is 1. The number of rotatable bonds is 3. The Bertz CT molecular complexity index is 480. The minimum Gasteiger partial charge on any atom is -0.387 e. The molecule has 0 radical (unpaired) electrons. The Kier molecular flexibility index (Phi) is 3.83. The summed E-state index contributed by atoms with van der Waals surface area (Å²) in [4.78, 5) is 12.4. The standard InChI is InChI=1S/C16H24N2O/c1-11-5-6-14(17-4)13(9-11)15(19)18-12-7-8-16(2,3)10-12/h5-6,9,12,17H,7-8,10H2,1-4H3,(H,18,19). The molecule has 1 aromatic rings. The van der Waals surface area contributed by atoms with Gasteiger partial charge in [-0.05, 0) is 43.7 Å². The van der Waals surface area contributed by atoms with Crippen molar-refractivity contribution in [3.63, 3.8) is 0 Å². The summed E-state index contributed by atoms with van der Waals surface area (Å²) in [5, 5.41) is 6.26. The zero-order valence-electron chi connectivity index (χ0n) is 12.3. The third-order valence-corrected chi connectivity index (χ3v) is 3.99. The number of carbonyl (C=O) groups excluding carboxylic acids is 1. The van der Waals surface area contributed by atoms with Gasteiger partial charge < -0.3 is 10.6 Å². The fourth-order valence-electron chi connectivity index (χ4n) is 2.89. The van der Waals surface area contributed by atoms with Gasteiger partial charge in [0.15, 0.2) is 0 Å². The van der Waals surface area contributed by atoms with E-state index in [1.165, 1.54) is 6.42 Å². The Labute approximate surface area is 115 Å². The zero-order valence-corrected chi connectivity index (χ0v) is 12.3. The molecular weight excluding hydrogens is 236 g/mol. The molecule has 0 heterocycles. The summed E-state index contributed by atoms with van der Waals surface area (Å²) in [6, 6.07) is 6.23. The number of carbonyl (C=O) groups is 1. The van der Waals surface area contributed by atoms with Crippen molar-refractivity contribution in [3.05, 3.63) is 29.3 Å². The minimum absolute atomic E-state index is 0.0377. The first-order valence-corrected chi connectivity index (χ1v) is 7.00. The predicted octanol–water partition coefficient (Wildman–Crippen LogP) is 3.35. The molecule has 1 unspecified atom stereocenters. The van der Waals surface area contributed by atoms with Crippen molar-refractivity contribution >= 4 is 11.6 Å². The van der Waals surface area contributed by atoms with Crippen LogP contribution < -0.4 is 10.6 Å². The lowest BCUT2D eigenvalue weighted by atomic mass is 9.92. The fraction of sp³-hybridized carbons (Fsp3) is 0.562. The Balaban J connectivity index is 2.10. The van der Waals surface area contributed by atoms with Crippen LogP contribution in [0.25, 0.3) is 0 Å². The zero-order chi connectivity index (χ0) is 14.0. The number of hydrogen-bond donors (Lipinski definition) is 2. The van der Waals surface area contributed by atoms with E-state index >= 15 is 0 Å². The van der Waals surface area contributed by atoms with E-state index in [-0.39, 0.29) is 5.91 Å². The molecule has 1 aromatic carbocycles. The number of nitrogens with one attached hydrogen (secondary N) is 2. The van der Waals surface area contributed by atoms with Gasteiger partial charge in [-0.3, -0.25) is 4.79 Å². The van der Waals surface area contributed by atoms with Crippen LogP contribution in [0.1, 0.15) is 49.0 Å². The van der Waals surface area contributed by atoms with Crippen LogP contribution >= 0.6 is 0 Å². The minimum atomic E-state index is 0.0377. The number of amides is 1. The second-order valence-corrected chi connectivity index (χ2v) is 6.38.